The van der Waals surface area contributed by atoms with E-state index >= 15 is 0 Å². The number of rotatable bonds is 6. The van der Waals surface area contributed by atoms with E-state index in [1.165, 1.54) is 18.4 Å². The van der Waals surface area contributed by atoms with Gasteiger partial charge in [0.25, 0.3) is 0 Å². The molecular weight excluding hydrogens is 310 g/mol. The summed E-state index contributed by atoms with van der Waals surface area (Å²) in [6.07, 6.45) is 4.71. The Balaban J connectivity index is 1.46. The zero-order chi connectivity index (χ0) is 17.3. The Morgan fingerprint density at radius 2 is 1.72 bits per heavy atom. The van der Waals surface area contributed by atoms with Gasteiger partial charge in [-0.05, 0) is 43.5 Å². The third-order valence-corrected chi connectivity index (χ3v) is 4.81. The van der Waals surface area contributed by atoms with Crippen LogP contribution >= 0.6 is 0 Å². The van der Waals surface area contributed by atoms with Crippen LogP contribution in [0.1, 0.15) is 24.8 Å². The predicted octanol–water partition coefficient (Wildman–Crippen LogP) is 3.91. The topological polar surface area (TPSA) is 44.4 Å². The standard InChI is InChI=1S/C21H27N3O/c25-21(23-19-11-5-2-6-12-19)22-17-20-13-7-8-15-24(20)16-14-18-9-3-1-4-10-18/h1-6,9-12,20H,7-8,13-17H2,(H2,22,23,25). The lowest BCUT2D eigenvalue weighted by Gasteiger charge is -2.35. The first-order valence-electron chi connectivity index (χ1n) is 9.19. The lowest BCUT2D eigenvalue weighted by atomic mass is 10.0. The number of hydrogen-bond acceptors (Lipinski definition) is 2. The summed E-state index contributed by atoms with van der Waals surface area (Å²) < 4.78 is 0. The van der Waals surface area contributed by atoms with Crippen LogP contribution in [0.2, 0.25) is 0 Å². The fourth-order valence-corrected chi connectivity index (χ4v) is 3.41. The fraction of sp³-hybridized carbons (Fsp3) is 0.381. The Bertz CT molecular complexity index is 645. The van der Waals surface area contributed by atoms with E-state index < -0.39 is 0 Å². The van der Waals surface area contributed by atoms with E-state index in [1.807, 2.05) is 30.3 Å². The summed E-state index contributed by atoms with van der Waals surface area (Å²) in [6, 6.07) is 20.5. The van der Waals surface area contributed by atoms with Crippen molar-refractivity contribution >= 4 is 11.7 Å². The average molecular weight is 337 g/mol. The van der Waals surface area contributed by atoms with Crippen LogP contribution in [0.5, 0.6) is 0 Å². The van der Waals surface area contributed by atoms with Crippen LogP contribution in [-0.4, -0.2) is 36.6 Å². The van der Waals surface area contributed by atoms with Gasteiger partial charge in [-0.25, -0.2) is 4.79 Å². The maximum atomic E-state index is 12.1. The third-order valence-electron chi connectivity index (χ3n) is 4.81. The minimum Gasteiger partial charge on any atom is -0.336 e. The van der Waals surface area contributed by atoms with Crippen LogP contribution in [-0.2, 0) is 6.42 Å². The van der Waals surface area contributed by atoms with Crippen molar-refractivity contribution in [1.29, 1.82) is 0 Å². The number of nitrogens with one attached hydrogen (secondary N) is 2. The van der Waals surface area contributed by atoms with E-state index in [2.05, 4.69) is 45.9 Å². The first kappa shape index (κ1) is 17.5. The third kappa shape index (κ3) is 5.61. The number of piperidine rings is 1. The summed E-state index contributed by atoms with van der Waals surface area (Å²) in [7, 11) is 0. The van der Waals surface area contributed by atoms with Crippen molar-refractivity contribution < 1.29 is 4.79 Å². The quantitative estimate of drug-likeness (QED) is 0.839. The van der Waals surface area contributed by atoms with Crippen LogP contribution in [0.15, 0.2) is 60.7 Å². The first-order valence-corrected chi connectivity index (χ1v) is 9.19. The Kier molecular flexibility index (Phi) is 6.46. The van der Waals surface area contributed by atoms with Gasteiger partial charge < -0.3 is 10.6 Å². The highest BCUT2D eigenvalue weighted by molar-refractivity contribution is 5.89. The highest BCUT2D eigenvalue weighted by Crippen LogP contribution is 2.17. The van der Waals surface area contributed by atoms with Crippen molar-refractivity contribution in [3.63, 3.8) is 0 Å². The largest absolute Gasteiger partial charge is 0.336 e. The molecule has 3 rings (SSSR count). The number of urea groups is 1. The average Bonchev–Trinajstić information content (AvgIpc) is 2.67. The monoisotopic (exact) mass is 337 g/mol. The summed E-state index contributed by atoms with van der Waals surface area (Å²) in [5, 5.41) is 5.92. The fourth-order valence-electron chi connectivity index (χ4n) is 3.41. The van der Waals surface area contributed by atoms with Crippen molar-refractivity contribution in [2.75, 3.05) is 25.0 Å². The van der Waals surface area contributed by atoms with Crippen molar-refractivity contribution in [2.24, 2.45) is 0 Å². The second-order valence-electron chi connectivity index (χ2n) is 6.62. The lowest BCUT2D eigenvalue weighted by molar-refractivity contribution is 0.148. The van der Waals surface area contributed by atoms with E-state index in [0.29, 0.717) is 12.6 Å². The Hall–Kier alpha value is -2.33. The number of hydrogen-bond donors (Lipinski definition) is 2. The van der Waals surface area contributed by atoms with Gasteiger partial charge in [-0.15, -0.1) is 0 Å². The summed E-state index contributed by atoms with van der Waals surface area (Å²) in [5.41, 5.74) is 2.20. The summed E-state index contributed by atoms with van der Waals surface area (Å²) in [5.74, 6) is 0. The Labute approximate surface area is 150 Å². The molecule has 1 aliphatic heterocycles. The number of anilines is 1. The molecular formula is C21H27N3O. The minimum atomic E-state index is -0.125. The number of carbonyl (C=O) groups is 1. The van der Waals surface area contributed by atoms with E-state index in [0.717, 1.165) is 31.6 Å². The summed E-state index contributed by atoms with van der Waals surface area (Å²) in [4.78, 5) is 14.6. The van der Waals surface area contributed by atoms with Gasteiger partial charge in [0.15, 0.2) is 0 Å². The molecule has 4 heteroatoms. The normalized spacial score (nSPS) is 17.8. The van der Waals surface area contributed by atoms with Crippen molar-refractivity contribution in [3.05, 3.63) is 66.2 Å². The van der Waals surface area contributed by atoms with Crippen molar-refractivity contribution in [1.82, 2.24) is 10.2 Å². The van der Waals surface area contributed by atoms with Gasteiger partial charge in [-0.1, -0.05) is 55.0 Å². The number of carbonyl (C=O) groups excluding carboxylic acids is 1. The number of amides is 2. The molecule has 1 aliphatic rings. The van der Waals surface area contributed by atoms with Crippen LogP contribution in [0.25, 0.3) is 0 Å². The molecule has 4 nitrogen and oxygen atoms in total. The highest BCUT2D eigenvalue weighted by atomic mass is 16.2. The molecule has 0 radical (unpaired) electrons. The lowest BCUT2D eigenvalue weighted by Crippen LogP contribution is -2.48. The molecule has 1 saturated heterocycles. The van der Waals surface area contributed by atoms with Gasteiger partial charge in [0.05, 0.1) is 0 Å². The molecule has 132 valence electrons. The molecule has 2 amide bonds. The molecule has 1 heterocycles. The first-order chi connectivity index (χ1) is 12.3. The number of para-hydroxylation sites is 1. The minimum absolute atomic E-state index is 0.125. The molecule has 2 aromatic carbocycles. The molecule has 1 fully saturated rings. The second kappa shape index (κ2) is 9.23. The van der Waals surface area contributed by atoms with Crippen LogP contribution in [0, 0.1) is 0 Å². The van der Waals surface area contributed by atoms with Gasteiger partial charge in [0, 0.05) is 24.8 Å². The van der Waals surface area contributed by atoms with Crippen LogP contribution in [0.4, 0.5) is 10.5 Å². The molecule has 0 aromatic heterocycles. The van der Waals surface area contributed by atoms with Gasteiger partial charge in [-0.2, -0.15) is 0 Å². The summed E-state index contributed by atoms with van der Waals surface area (Å²) >= 11 is 0. The predicted molar refractivity (Wildman–Crippen MR) is 103 cm³/mol. The molecule has 1 unspecified atom stereocenters. The molecule has 0 spiro atoms. The number of nitrogens with zero attached hydrogens (tertiary/aromatic N) is 1. The smallest absolute Gasteiger partial charge is 0.319 e. The Morgan fingerprint density at radius 3 is 2.48 bits per heavy atom. The van der Waals surface area contributed by atoms with Crippen molar-refractivity contribution in [2.45, 2.75) is 31.7 Å². The molecule has 2 N–H and O–H groups in total. The van der Waals surface area contributed by atoms with Crippen molar-refractivity contribution in [3.8, 4) is 0 Å². The SMILES string of the molecule is O=C(NCC1CCCCN1CCc1ccccc1)Nc1ccccc1. The molecule has 1 atom stereocenters. The highest BCUT2D eigenvalue weighted by Gasteiger charge is 2.22. The molecule has 25 heavy (non-hydrogen) atoms. The molecule has 0 bridgehead atoms. The number of likely N-dealkylation sites (tertiary alicyclic amines) is 1. The molecule has 2 aromatic rings. The Morgan fingerprint density at radius 1 is 1.00 bits per heavy atom. The molecule has 0 aliphatic carbocycles. The van der Waals surface area contributed by atoms with Gasteiger partial charge in [-0.3, -0.25) is 4.90 Å². The van der Waals surface area contributed by atoms with Gasteiger partial charge in [0.2, 0.25) is 0 Å². The van der Waals surface area contributed by atoms with E-state index in [9.17, 15) is 4.79 Å². The van der Waals surface area contributed by atoms with Gasteiger partial charge in [0.1, 0.15) is 0 Å². The maximum absolute atomic E-state index is 12.1. The molecule has 0 saturated carbocycles. The summed E-state index contributed by atoms with van der Waals surface area (Å²) in [6.45, 7) is 2.88. The number of benzene rings is 2. The van der Waals surface area contributed by atoms with Crippen LogP contribution in [0.3, 0.4) is 0 Å². The zero-order valence-corrected chi connectivity index (χ0v) is 14.7. The van der Waals surface area contributed by atoms with E-state index in [1.54, 1.807) is 0 Å². The van der Waals surface area contributed by atoms with Crippen LogP contribution < -0.4 is 10.6 Å². The second-order valence-corrected chi connectivity index (χ2v) is 6.62. The maximum Gasteiger partial charge on any atom is 0.319 e. The van der Waals surface area contributed by atoms with Gasteiger partial charge >= 0.3 is 6.03 Å². The van der Waals surface area contributed by atoms with E-state index in [-0.39, 0.29) is 6.03 Å². The van der Waals surface area contributed by atoms with E-state index in [4.69, 9.17) is 0 Å². The zero-order valence-electron chi connectivity index (χ0n) is 14.7.